The van der Waals surface area contributed by atoms with Gasteiger partial charge in [0.2, 0.25) is 5.91 Å². The lowest BCUT2D eigenvalue weighted by molar-refractivity contribution is -0.131. The fourth-order valence-electron chi connectivity index (χ4n) is 3.92. The van der Waals surface area contributed by atoms with Crippen LogP contribution in [0.1, 0.15) is 49.4 Å². The molecule has 30 heavy (non-hydrogen) atoms. The van der Waals surface area contributed by atoms with E-state index in [2.05, 4.69) is 29.4 Å². The van der Waals surface area contributed by atoms with Crippen molar-refractivity contribution in [3.05, 3.63) is 47.2 Å². The molecule has 162 valence electrons. The first-order chi connectivity index (χ1) is 14.2. The molecular weight excluding hydrogens is 378 g/mol. The van der Waals surface area contributed by atoms with E-state index in [-0.39, 0.29) is 17.4 Å². The van der Waals surface area contributed by atoms with Crippen molar-refractivity contribution in [2.75, 3.05) is 33.1 Å². The van der Waals surface area contributed by atoms with E-state index in [0.717, 1.165) is 36.3 Å². The van der Waals surface area contributed by atoms with Crippen molar-refractivity contribution in [2.24, 2.45) is 0 Å². The smallest absolute Gasteiger partial charge is 0.229 e. The molecule has 1 aromatic carbocycles. The van der Waals surface area contributed by atoms with E-state index in [1.807, 2.05) is 44.0 Å². The number of nitrogens with zero attached hydrogens (tertiary/aromatic N) is 2. The number of methoxy groups -OCH3 is 2. The van der Waals surface area contributed by atoms with Crippen LogP contribution < -0.4 is 14.8 Å². The Balaban J connectivity index is 1.64. The number of nitrogens with one attached hydrogen (secondary N) is 1. The molecule has 1 aliphatic heterocycles. The minimum Gasteiger partial charge on any atom is -0.497 e. The number of anilines is 1. The van der Waals surface area contributed by atoms with E-state index in [4.69, 9.17) is 9.47 Å². The molecule has 0 fully saturated rings. The number of hydrogen-bond acceptors (Lipinski definition) is 5. The Morgan fingerprint density at radius 3 is 2.53 bits per heavy atom. The molecule has 1 amide bonds. The summed E-state index contributed by atoms with van der Waals surface area (Å²) in [5.74, 6) is 2.16. The second-order valence-electron chi connectivity index (χ2n) is 8.52. The van der Waals surface area contributed by atoms with E-state index in [9.17, 15) is 4.79 Å². The van der Waals surface area contributed by atoms with Crippen LogP contribution in [0, 0.1) is 6.92 Å². The number of rotatable bonds is 7. The summed E-state index contributed by atoms with van der Waals surface area (Å²) in [5, 5.41) is 3.62. The number of amides is 1. The van der Waals surface area contributed by atoms with Gasteiger partial charge in [-0.05, 0) is 69.4 Å². The van der Waals surface area contributed by atoms with Crippen LogP contribution >= 0.6 is 0 Å². The van der Waals surface area contributed by atoms with E-state index in [0.29, 0.717) is 18.0 Å². The van der Waals surface area contributed by atoms with Gasteiger partial charge in [0.25, 0.3) is 0 Å². The molecule has 0 saturated carbocycles. The number of hydrogen-bond donors (Lipinski definition) is 1. The van der Waals surface area contributed by atoms with Crippen molar-refractivity contribution in [3.63, 3.8) is 0 Å². The Bertz CT molecular complexity index is 892. The maximum atomic E-state index is 13.1. The van der Waals surface area contributed by atoms with Gasteiger partial charge in [0.1, 0.15) is 17.3 Å². The number of benzene rings is 1. The molecule has 0 aliphatic carbocycles. The molecule has 0 unspecified atom stereocenters. The summed E-state index contributed by atoms with van der Waals surface area (Å²) in [6.07, 6.45) is 2.89. The van der Waals surface area contributed by atoms with Crippen LogP contribution in [-0.4, -0.2) is 49.1 Å². The molecule has 1 aromatic heterocycles. The zero-order valence-electron chi connectivity index (χ0n) is 18.9. The number of pyridine rings is 1. The lowest BCUT2D eigenvalue weighted by Gasteiger charge is -2.37. The van der Waals surface area contributed by atoms with E-state index in [1.54, 1.807) is 14.2 Å². The number of aryl methyl sites for hydroxylation is 2. The number of aromatic nitrogens is 1. The predicted molar refractivity (Wildman–Crippen MR) is 120 cm³/mol. The minimum atomic E-state index is -0.281. The topological polar surface area (TPSA) is 63.7 Å². The molecule has 6 heteroatoms. The number of carbonyl (C=O) groups excluding carboxylic acids is 1. The maximum Gasteiger partial charge on any atom is 0.229 e. The average molecular weight is 412 g/mol. The fourth-order valence-corrected chi connectivity index (χ4v) is 3.92. The highest BCUT2D eigenvalue weighted by Crippen LogP contribution is 2.32. The maximum absolute atomic E-state index is 13.1. The van der Waals surface area contributed by atoms with Crippen LogP contribution in [0.3, 0.4) is 0 Å². The van der Waals surface area contributed by atoms with Crippen molar-refractivity contribution in [1.82, 2.24) is 9.88 Å². The third-order valence-corrected chi connectivity index (χ3v) is 6.10. The van der Waals surface area contributed by atoms with Crippen molar-refractivity contribution in [1.29, 1.82) is 0 Å². The van der Waals surface area contributed by atoms with Gasteiger partial charge in [-0.1, -0.05) is 6.07 Å². The van der Waals surface area contributed by atoms with E-state index >= 15 is 0 Å². The van der Waals surface area contributed by atoms with Gasteiger partial charge in [-0.25, -0.2) is 4.98 Å². The van der Waals surface area contributed by atoms with Gasteiger partial charge in [0, 0.05) is 30.9 Å². The van der Waals surface area contributed by atoms with Crippen molar-refractivity contribution in [2.45, 2.75) is 51.5 Å². The van der Waals surface area contributed by atoms with Gasteiger partial charge in [0.15, 0.2) is 0 Å². The Kier molecular flexibility index (Phi) is 6.54. The number of likely N-dealkylation sites (N-methyl/N-ethyl adjacent to an activating group) is 1. The first kappa shape index (κ1) is 21.9. The Morgan fingerprint density at radius 1 is 1.23 bits per heavy atom. The van der Waals surface area contributed by atoms with Gasteiger partial charge < -0.3 is 19.7 Å². The lowest BCUT2D eigenvalue weighted by Crippen LogP contribution is -2.43. The summed E-state index contributed by atoms with van der Waals surface area (Å²) in [7, 11) is 5.10. The Hall–Kier alpha value is -2.76. The fraction of sp³-hybridized carbons (Fsp3) is 0.500. The van der Waals surface area contributed by atoms with Gasteiger partial charge >= 0.3 is 0 Å². The molecule has 0 spiro atoms. The van der Waals surface area contributed by atoms with Gasteiger partial charge in [0.05, 0.1) is 20.1 Å². The minimum absolute atomic E-state index is 0.0786. The van der Waals surface area contributed by atoms with Gasteiger partial charge in [-0.3, -0.25) is 4.79 Å². The van der Waals surface area contributed by atoms with Crippen LogP contribution in [0.25, 0.3) is 0 Å². The van der Waals surface area contributed by atoms with Crippen LogP contribution in [0.2, 0.25) is 0 Å². The van der Waals surface area contributed by atoms with Crippen LogP contribution in [0.15, 0.2) is 30.3 Å². The molecule has 2 aromatic rings. The van der Waals surface area contributed by atoms with E-state index in [1.165, 1.54) is 5.56 Å². The number of fused-ring (bicyclic) bond motifs is 1. The van der Waals surface area contributed by atoms with E-state index < -0.39 is 0 Å². The summed E-state index contributed by atoms with van der Waals surface area (Å²) in [6, 6.07) is 9.82. The summed E-state index contributed by atoms with van der Waals surface area (Å²) in [4.78, 5) is 19.6. The van der Waals surface area contributed by atoms with Crippen molar-refractivity contribution >= 4 is 11.7 Å². The lowest BCUT2D eigenvalue weighted by atomic mass is 9.86. The molecule has 2 heterocycles. The standard InChI is InChI=1S/C24H33N3O3/c1-16-7-8-18-9-10-24(3,26-22(18)25-16)11-12-27(4)23(28)17(2)19-13-20(29-5)15-21(14-19)30-6/h7-8,13-15,17H,9-12H2,1-6H3,(H,25,26)/t17-,24-/m1/s1. The summed E-state index contributed by atoms with van der Waals surface area (Å²) >= 11 is 0. The SMILES string of the molecule is COc1cc(OC)cc([C@@H](C)C(=O)N(C)CC[C@@]2(C)CCc3ccc(C)nc3N2)c1. The monoisotopic (exact) mass is 411 g/mol. The molecule has 0 saturated heterocycles. The van der Waals surface area contributed by atoms with Gasteiger partial charge in [-0.2, -0.15) is 0 Å². The zero-order chi connectivity index (χ0) is 21.9. The molecule has 1 aliphatic rings. The van der Waals surface area contributed by atoms with Crippen LogP contribution in [-0.2, 0) is 11.2 Å². The highest BCUT2D eigenvalue weighted by Gasteiger charge is 2.31. The molecular formula is C24H33N3O3. The first-order valence-electron chi connectivity index (χ1n) is 10.5. The number of ether oxygens (including phenoxy) is 2. The van der Waals surface area contributed by atoms with Crippen LogP contribution in [0.4, 0.5) is 5.82 Å². The molecule has 0 bridgehead atoms. The molecule has 3 rings (SSSR count). The average Bonchev–Trinajstić information content (AvgIpc) is 2.75. The zero-order valence-corrected chi connectivity index (χ0v) is 18.9. The molecule has 2 atom stereocenters. The highest BCUT2D eigenvalue weighted by molar-refractivity contribution is 5.83. The third-order valence-electron chi connectivity index (χ3n) is 6.10. The normalized spacial score (nSPS) is 18.7. The van der Waals surface area contributed by atoms with Gasteiger partial charge in [-0.15, -0.1) is 0 Å². The van der Waals surface area contributed by atoms with Crippen molar-refractivity contribution < 1.29 is 14.3 Å². The quantitative estimate of drug-likeness (QED) is 0.741. The first-order valence-corrected chi connectivity index (χ1v) is 10.5. The Morgan fingerprint density at radius 2 is 1.90 bits per heavy atom. The molecule has 0 radical (unpaired) electrons. The molecule has 1 N–H and O–H groups in total. The summed E-state index contributed by atoms with van der Waals surface area (Å²) in [6.45, 7) is 6.83. The molecule has 6 nitrogen and oxygen atoms in total. The second kappa shape index (κ2) is 8.94. The third kappa shape index (κ3) is 4.86. The Labute approximate surface area is 179 Å². The second-order valence-corrected chi connectivity index (χ2v) is 8.52. The number of carbonyl (C=O) groups is 1. The largest absolute Gasteiger partial charge is 0.497 e. The van der Waals surface area contributed by atoms with Crippen LogP contribution in [0.5, 0.6) is 11.5 Å². The summed E-state index contributed by atoms with van der Waals surface area (Å²) in [5.41, 5.74) is 3.09. The summed E-state index contributed by atoms with van der Waals surface area (Å²) < 4.78 is 10.7. The predicted octanol–water partition coefficient (Wildman–Crippen LogP) is 4.18. The van der Waals surface area contributed by atoms with Crippen molar-refractivity contribution in [3.8, 4) is 11.5 Å². The highest BCUT2D eigenvalue weighted by atomic mass is 16.5.